The average molecular weight is 418 g/mol. The van der Waals surface area contributed by atoms with E-state index < -0.39 is 0 Å². The molecule has 0 aliphatic carbocycles. The molecule has 1 fully saturated rings. The van der Waals surface area contributed by atoms with Crippen LogP contribution in [0.1, 0.15) is 24.0 Å². The van der Waals surface area contributed by atoms with E-state index >= 15 is 0 Å². The quantitative estimate of drug-likeness (QED) is 0.544. The van der Waals surface area contributed by atoms with Gasteiger partial charge in [0.05, 0.1) is 7.11 Å². The molecule has 1 saturated heterocycles. The van der Waals surface area contributed by atoms with E-state index in [1.165, 1.54) is 11.1 Å². The van der Waals surface area contributed by atoms with Gasteiger partial charge in [-0.15, -0.1) is 0 Å². The van der Waals surface area contributed by atoms with E-state index in [1.54, 1.807) is 7.11 Å². The van der Waals surface area contributed by atoms with E-state index in [2.05, 4.69) is 68.0 Å². The molecule has 0 atom stereocenters. The molecular formula is C25H31N5O. The van der Waals surface area contributed by atoms with E-state index in [0.717, 1.165) is 57.0 Å². The maximum Gasteiger partial charge on any atom is 0.224 e. The Labute approximate surface area is 184 Å². The first-order chi connectivity index (χ1) is 15.3. The summed E-state index contributed by atoms with van der Waals surface area (Å²) in [6, 6.07) is 21.2. The van der Waals surface area contributed by atoms with Crippen molar-refractivity contribution in [3.8, 4) is 5.75 Å². The van der Waals surface area contributed by atoms with Crippen molar-refractivity contribution < 1.29 is 4.74 Å². The number of likely N-dealkylation sites (tertiary alicyclic amines) is 1. The van der Waals surface area contributed by atoms with Crippen LogP contribution in [0.3, 0.4) is 0 Å². The number of hydrogen-bond acceptors (Lipinski definition) is 6. The number of hydrogen-bond donors (Lipinski definition) is 2. The molecule has 0 spiro atoms. The first kappa shape index (κ1) is 21.1. The summed E-state index contributed by atoms with van der Waals surface area (Å²) < 4.78 is 5.21. The molecule has 0 saturated carbocycles. The molecule has 162 valence electrons. The number of rotatable bonds is 9. The van der Waals surface area contributed by atoms with Crippen LogP contribution in [0.25, 0.3) is 0 Å². The van der Waals surface area contributed by atoms with Crippen LogP contribution in [-0.2, 0) is 13.0 Å². The van der Waals surface area contributed by atoms with Gasteiger partial charge in [0.2, 0.25) is 5.95 Å². The lowest BCUT2D eigenvalue weighted by Crippen LogP contribution is -2.39. The Morgan fingerprint density at radius 3 is 2.48 bits per heavy atom. The summed E-state index contributed by atoms with van der Waals surface area (Å²) in [5.41, 5.74) is 2.65. The normalized spacial score (nSPS) is 14.9. The highest BCUT2D eigenvalue weighted by Gasteiger charge is 2.19. The molecule has 6 heteroatoms. The van der Waals surface area contributed by atoms with Gasteiger partial charge in [0.15, 0.2) is 0 Å². The third kappa shape index (κ3) is 6.43. The number of nitrogens with one attached hydrogen (secondary N) is 2. The molecule has 3 aromatic rings. The standard InChI is InChI=1S/C25H31N5O/c1-31-23-9-7-20(8-10-23)11-15-26-24-12-16-27-25(29-24)28-22-13-17-30(18-14-22)19-21-5-3-2-4-6-21/h2-10,12,16,22H,11,13-15,17-19H2,1H3,(H2,26,27,28,29). The van der Waals surface area contributed by atoms with Crippen molar-refractivity contribution in [2.45, 2.75) is 31.8 Å². The van der Waals surface area contributed by atoms with Crippen molar-refractivity contribution in [2.75, 3.05) is 37.4 Å². The summed E-state index contributed by atoms with van der Waals surface area (Å²) in [4.78, 5) is 11.6. The van der Waals surface area contributed by atoms with Crippen molar-refractivity contribution in [3.63, 3.8) is 0 Å². The second kappa shape index (κ2) is 10.8. The predicted octanol–water partition coefficient (Wildman–Crippen LogP) is 4.22. The van der Waals surface area contributed by atoms with Gasteiger partial charge >= 0.3 is 0 Å². The van der Waals surface area contributed by atoms with Gasteiger partial charge in [-0.2, -0.15) is 4.98 Å². The number of benzene rings is 2. The number of methoxy groups -OCH3 is 1. The van der Waals surface area contributed by atoms with Crippen LogP contribution in [0.2, 0.25) is 0 Å². The molecule has 0 unspecified atom stereocenters. The van der Waals surface area contributed by atoms with Crippen LogP contribution in [0.4, 0.5) is 11.8 Å². The third-order valence-electron chi connectivity index (χ3n) is 5.70. The summed E-state index contributed by atoms with van der Waals surface area (Å²) >= 11 is 0. The molecular weight excluding hydrogens is 386 g/mol. The Hall–Kier alpha value is -3.12. The topological polar surface area (TPSA) is 62.3 Å². The molecule has 1 aliphatic heterocycles. The lowest BCUT2D eigenvalue weighted by Gasteiger charge is -2.32. The maximum absolute atomic E-state index is 5.21. The van der Waals surface area contributed by atoms with Gasteiger partial charge in [0.25, 0.3) is 0 Å². The second-order valence-electron chi connectivity index (χ2n) is 7.97. The SMILES string of the molecule is COc1ccc(CCNc2ccnc(NC3CCN(Cc4ccccc4)CC3)n2)cc1. The summed E-state index contributed by atoms with van der Waals surface area (Å²) in [7, 11) is 1.69. The van der Waals surface area contributed by atoms with E-state index in [-0.39, 0.29) is 0 Å². The predicted molar refractivity (Wildman–Crippen MR) is 126 cm³/mol. The van der Waals surface area contributed by atoms with E-state index in [0.29, 0.717) is 12.0 Å². The van der Waals surface area contributed by atoms with Crippen LogP contribution >= 0.6 is 0 Å². The third-order valence-corrected chi connectivity index (χ3v) is 5.70. The average Bonchev–Trinajstić information content (AvgIpc) is 2.82. The zero-order valence-electron chi connectivity index (χ0n) is 18.1. The van der Waals surface area contributed by atoms with Crippen molar-refractivity contribution >= 4 is 11.8 Å². The van der Waals surface area contributed by atoms with Crippen molar-refractivity contribution in [1.29, 1.82) is 0 Å². The number of piperidine rings is 1. The van der Waals surface area contributed by atoms with Gasteiger partial charge < -0.3 is 15.4 Å². The highest BCUT2D eigenvalue weighted by molar-refractivity contribution is 5.40. The van der Waals surface area contributed by atoms with Crippen molar-refractivity contribution in [3.05, 3.63) is 78.0 Å². The molecule has 2 heterocycles. The molecule has 31 heavy (non-hydrogen) atoms. The molecule has 2 aromatic carbocycles. The monoisotopic (exact) mass is 417 g/mol. The summed E-state index contributed by atoms with van der Waals surface area (Å²) in [5, 5.41) is 6.93. The Morgan fingerprint density at radius 2 is 1.74 bits per heavy atom. The minimum absolute atomic E-state index is 0.418. The molecule has 2 N–H and O–H groups in total. The van der Waals surface area contributed by atoms with Crippen LogP contribution in [0.15, 0.2) is 66.9 Å². The molecule has 0 radical (unpaired) electrons. The molecule has 0 bridgehead atoms. The fourth-order valence-corrected chi connectivity index (χ4v) is 3.91. The summed E-state index contributed by atoms with van der Waals surface area (Å²) in [6.45, 7) is 4.02. The first-order valence-corrected chi connectivity index (χ1v) is 11.0. The highest BCUT2D eigenvalue weighted by atomic mass is 16.5. The van der Waals surface area contributed by atoms with Gasteiger partial charge in [-0.05, 0) is 48.6 Å². The van der Waals surface area contributed by atoms with Crippen LogP contribution in [0.5, 0.6) is 5.75 Å². The number of aromatic nitrogens is 2. The lowest BCUT2D eigenvalue weighted by molar-refractivity contribution is 0.211. The molecule has 4 rings (SSSR count). The van der Waals surface area contributed by atoms with E-state index in [4.69, 9.17) is 4.74 Å². The zero-order chi connectivity index (χ0) is 21.3. The van der Waals surface area contributed by atoms with E-state index in [1.807, 2.05) is 24.4 Å². The van der Waals surface area contributed by atoms with Crippen molar-refractivity contribution in [2.24, 2.45) is 0 Å². The lowest BCUT2D eigenvalue weighted by atomic mass is 10.0. The first-order valence-electron chi connectivity index (χ1n) is 11.0. The van der Waals surface area contributed by atoms with Crippen LogP contribution in [-0.4, -0.2) is 47.7 Å². The molecule has 6 nitrogen and oxygen atoms in total. The fourth-order valence-electron chi connectivity index (χ4n) is 3.91. The van der Waals surface area contributed by atoms with Crippen molar-refractivity contribution in [1.82, 2.24) is 14.9 Å². The minimum atomic E-state index is 0.418. The number of anilines is 2. The zero-order valence-corrected chi connectivity index (χ0v) is 18.1. The highest BCUT2D eigenvalue weighted by Crippen LogP contribution is 2.17. The number of nitrogens with zero attached hydrogens (tertiary/aromatic N) is 3. The van der Waals surface area contributed by atoms with Gasteiger partial charge in [0, 0.05) is 38.4 Å². The van der Waals surface area contributed by atoms with Gasteiger partial charge in [0.1, 0.15) is 11.6 Å². The van der Waals surface area contributed by atoms with Crippen LogP contribution in [0, 0.1) is 0 Å². The summed E-state index contributed by atoms with van der Waals surface area (Å²) in [5.74, 6) is 2.44. The molecule has 1 aliphatic rings. The minimum Gasteiger partial charge on any atom is -0.497 e. The van der Waals surface area contributed by atoms with Gasteiger partial charge in [-0.25, -0.2) is 4.98 Å². The summed E-state index contributed by atoms with van der Waals surface area (Å²) in [6.07, 6.45) is 4.95. The molecule has 1 aromatic heterocycles. The Morgan fingerprint density at radius 1 is 0.968 bits per heavy atom. The van der Waals surface area contributed by atoms with Crippen LogP contribution < -0.4 is 15.4 Å². The largest absolute Gasteiger partial charge is 0.497 e. The van der Waals surface area contributed by atoms with E-state index in [9.17, 15) is 0 Å². The smallest absolute Gasteiger partial charge is 0.224 e. The molecule has 0 amide bonds. The van der Waals surface area contributed by atoms with Gasteiger partial charge in [-0.3, -0.25) is 4.90 Å². The Bertz CT molecular complexity index is 924. The Balaban J connectivity index is 1.21. The second-order valence-corrected chi connectivity index (χ2v) is 7.97. The maximum atomic E-state index is 5.21. The fraction of sp³-hybridized carbons (Fsp3) is 0.360. The Kier molecular flexibility index (Phi) is 7.34. The number of ether oxygens (including phenoxy) is 1. The van der Waals surface area contributed by atoms with Gasteiger partial charge in [-0.1, -0.05) is 42.5 Å².